The van der Waals surface area contributed by atoms with Crippen LogP contribution in [0.2, 0.25) is 5.02 Å². The summed E-state index contributed by atoms with van der Waals surface area (Å²) in [7, 11) is 1.29. The maximum atomic E-state index is 12.3. The van der Waals surface area contributed by atoms with Crippen LogP contribution in [0.1, 0.15) is 23.6 Å². The molecule has 0 bridgehead atoms. The number of hydrogen-bond acceptors (Lipinski definition) is 3. The van der Waals surface area contributed by atoms with Crippen molar-refractivity contribution in [2.24, 2.45) is 0 Å². The van der Waals surface area contributed by atoms with Gasteiger partial charge in [-0.3, -0.25) is 5.32 Å². The molecule has 0 aliphatic heterocycles. The number of hydrogen-bond donors (Lipinski definition) is 3. The highest BCUT2D eigenvalue weighted by atomic mass is 35.5. The second-order valence-electron chi connectivity index (χ2n) is 5.69. The van der Waals surface area contributed by atoms with Gasteiger partial charge in [-0.15, -0.1) is 0 Å². The standard InChI is InChI=1S/C18H18ClN3O3/c1-25-18(24)21-12-5-2-4-11(10-12)20-17(23)22-16-9-8-13-14(16)6-3-7-15(13)19/h2-7,10,16H,8-9H2,1H3,(H,21,24)(H2,20,22,23). The van der Waals surface area contributed by atoms with Gasteiger partial charge in [0.15, 0.2) is 0 Å². The highest BCUT2D eigenvalue weighted by molar-refractivity contribution is 6.31. The van der Waals surface area contributed by atoms with Crippen LogP contribution in [0.15, 0.2) is 42.5 Å². The lowest BCUT2D eigenvalue weighted by Crippen LogP contribution is -2.31. The van der Waals surface area contributed by atoms with Gasteiger partial charge in [0.25, 0.3) is 0 Å². The van der Waals surface area contributed by atoms with E-state index in [0.717, 1.165) is 29.0 Å². The zero-order valence-electron chi connectivity index (χ0n) is 13.6. The molecule has 1 aliphatic rings. The molecule has 2 aromatic rings. The number of amides is 3. The molecule has 6 nitrogen and oxygen atoms in total. The molecular weight excluding hydrogens is 342 g/mol. The maximum Gasteiger partial charge on any atom is 0.411 e. The molecule has 3 amide bonds. The third-order valence-corrected chi connectivity index (χ3v) is 4.43. The van der Waals surface area contributed by atoms with Gasteiger partial charge in [-0.2, -0.15) is 0 Å². The molecule has 0 radical (unpaired) electrons. The molecule has 0 aromatic heterocycles. The Bertz CT molecular complexity index is 810. The molecule has 0 fully saturated rings. The number of urea groups is 1. The van der Waals surface area contributed by atoms with Crippen LogP contribution in [-0.2, 0) is 11.2 Å². The molecule has 25 heavy (non-hydrogen) atoms. The fraction of sp³-hybridized carbons (Fsp3) is 0.222. The van der Waals surface area contributed by atoms with Gasteiger partial charge in [-0.1, -0.05) is 29.8 Å². The average Bonchev–Trinajstić information content (AvgIpc) is 2.99. The molecule has 7 heteroatoms. The topological polar surface area (TPSA) is 79.5 Å². The number of fused-ring (bicyclic) bond motifs is 1. The molecule has 130 valence electrons. The molecule has 3 N–H and O–H groups in total. The predicted molar refractivity (Wildman–Crippen MR) is 97.1 cm³/mol. The van der Waals surface area contributed by atoms with E-state index in [2.05, 4.69) is 20.7 Å². The van der Waals surface area contributed by atoms with Crippen molar-refractivity contribution in [1.29, 1.82) is 0 Å². The number of benzene rings is 2. The smallest absolute Gasteiger partial charge is 0.411 e. The van der Waals surface area contributed by atoms with E-state index in [4.69, 9.17) is 11.6 Å². The largest absolute Gasteiger partial charge is 0.453 e. The van der Waals surface area contributed by atoms with Crippen molar-refractivity contribution in [3.8, 4) is 0 Å². The van der Waals surface area contributed by atoms with Crippen LogP contribution in [-0.4, -0.2) is 19.2 Å². The maximum absolute atomic E-state index is 12.3. The number of methoxy groups -OCH3 is 1. The highest BCUT2D eigenvalue weighted by Gasteiger charge is 2.25. The Morgan fingerprint density at radius 2 is 1.84 bits per heavy atom. The Labute approximate surface area is 150 Å². The molecular formula is C18H18ClN3O3. The molecule has 1 atom stereocenters. The summed E-state index contributed by atoms with van der Waals surface area (Å²) in [5.74, 6) is 0. The molecule has 1 aliphatic carbocycles. The highest BCUT2D eigenvalue weighted by Crippen LogP contribution is 2.35. The fourth-order valence-corrected chi connectivity index (χ4v) is 3.21. The van der Waals surface area contributed by atoms with Gasteiger partial charge in [0.1, 0.15) is 0 Å². The third-order valence-electron chi connectivity index (χ3n) is 4.07. The average molecular weight is 360 g/mol. The van der Waals surface area contributed by atoms with Crippen molar-refractivity contribution < 1.29 is 14.3 Å². The molecule has 2 aromatic carbocycles. The normalized spacial score (nSPS) is 15.2. The monoisotopic (exact) mass is 359 g/mol. The number of anilines is 2. The summed E-state index contributed by atoms with van der Waals surface area (Å²) < 4.78 is 4.55. The zero-order chi connectivity index (χ0) is 17.8. The Hall–Kier alpha value is -2.73. The summed E-state index contributed by atoms with van der Waals surface area (Å²) in [5.41, 5.74) is 3.25. The molecule has 0 saturated heterocycles. The number of halogens is 1. The second kappa shape index (κ2) is 7.44. The van der Waals surface area contributed by atoms with Gasteiger partial charge in [0.2, 0.25) is 0 Å². The van der Waals surface area contributed by atoms with Crippen LogP contribution in [0.3, 0.4) is 0 Å². The van der Waals surface area contributed by atoms with Crippen molar-refractivity contribution in [2.75, 3.05) is 17.7 Å². The van der Waals surface area contributed by atoms with E-state index in [1.807, 2.05) is 18.2 Å². The Kier molecular flexibility index (Phi) is 5.09. The molecule has 3 rings (SSSR count). The zero-order valence-corrected chi connectivity index (χ0v) is 14.4. The number of carbonyl (C=O) groups is 2. The van der Waals surface area contributed by atoms with Crippen molar-refractivity contribution in [3.63, 3.8) is 0 Å². The van der Waals surface area contributed by atoms with Crippen LogP contribution in [0, 0.1) is 0 Å². The minimum Gasteiger partial charge on any atom is -0.453 e. The second-order valence-corrected chi connectivity index (χ2v) is 6.10. The first-order valence-electron chi connectivity index (χ1n) is 7.86. The lowest BCUT2D eigenvalue weighted by atomic mass is 10.1. The van der Waals surface area contributed by atoms with E-state index >= 15 is 0 Å². The van der Waals surface area contributed by atoms with Gasteiger partial charge in [0.05, 0.1) is 13.2 Å². The number of ether oxygens (including phenoxy) is 1. The van der Waals surface area contributed by atoms with Crippen LogP contribution < -0.4 is 16.0 Å². The van der Waals surface area contributed by atoms with Gasteiger partial charge >= 0.3 is 12.1 Å². The van der Waals surface area contributed by atoms with Crippen molar-refractivity contribution in [2.45, 2.75) is 18.9 Å². The fourth-order valence-electron chi connectivity index (χ4n) is 2.93. The van der Waals surface area contributed by atoms with Crippen LogP contribution in [0.4, 0.5) is 21.0 Å². The summed E-state index contributed by atoms with van der Waals surface area (Å²) in [5, 5.41) is 9.02. The number of rotatable bonds is 3. The quantitative estimate of drug-likeness (QED) is 0.763. The summed E-state index contributed by atoms with van der Waals surface area (Å²) in [6.07, 6.45) is 1.09. The van der Waals surface area contributed by atoms with Crippen LogP contribution in [0.5, 0.6) is 0 Å². The molecule has 1 unspecified atom stereocenters. The van der Waals surface area contributed by atoms with Crippen LogP contribution in [0.25, 0.3) is 0 Å². The summed E-state index contributed by atoms with van der Waals surface area (Å²) in [6.45, 7) is 0. The lowest BCUT2D eigenvalue weighted by molar-refractivity contribution is 0.187. The van der Waals surface area contributed by atoms with Gasteiger partial charge in [0, 0.05) is 16.4 Å². The summed E-state index contributed by atoms with van der Waals surface area (Å²) >= 11 is 6.20. The number of carbonyl (C=O) groups excluding carboxylic acids is 2. The van der Waals surface area contributed by atoms with E-state index < -0.39 is 6.09 Å². The molecule has 0 spiro atoms. The SMILES string of the molecule is COC(=O)Nc1cccc(NC(=O)NC2CCc3c(Cl)cccc32)c1. The Morgan fingerprint density at radius 1 is 1.12 bits per heavy atom. The summed E-state index contributed by atoms with van der Waals surface area (Å²) in [6, 6.07) is 12.2. The number of nitrogens with one attached hydrogen (secondary N) is 3. The Balaban J connectivity index is 1.64. The van der Waals surface area contributed by atoms with Crippen molar-refractivity contribution >= 4 is 35.1 Å². The Morgan fingerprint density at radius 3 is 2.60 bits per heavy atom. The van der Waals surface area contributed by atoms with Gasteiger partial charge in [-0.25, -0.2) is 9.59 Å². The summed E-state index contributed by atoms with van der Waals surface area (Å²) in [4.78, 5) is 23.5. The molecule has 0 saturated carbocycles. The molecule has 0 heterocycles. The minimum absolute atomic E-state index is 0.0647. The first kappa shape index (κ1) is 17.1. The van der Waals surface area contributed by atoms with Crippen molar-refractivity contribution in [3.05, 3.63) is 58.6 Å². The minimum atomic E-state index is -0.568. The predicted octanol–water partition coefficient (Wildman–Crippen LogP) is 4.33. The third kappa shape index (κ3) is 4.03. The first-order chi connectivity index (χ1) is 12.1. The van der Waals surface area contributed by atoms with Crippen LogP contribution >= 0.6 is 11.6 Å². The van der Waals surface area contributed by atoms with E-state index in [1.54, 1.807) is 24.3 Å². The van der Waals surface area contributed by atoms with Crippen molar-refractivity contribution in [1.82, 2.24) is 5.32 Å². The van der Waals surface area contributed by atoms with E-state index in [9.17, 15) is 9.59 Å². The van der Waals surface area contributed by atoms with E-state index in [-0.39, 0.29) is 12.1 Å². The van der Waals surface area contributed by atoms with E-state index in [1.165, 1.54) is 7.11 Å². The lowest BCUT2D eigenvalue weighted by Gasteiger charge is -2.15. The first-order valence-corrected chi connectivity index (χ1v) is 8.24. The van der Waals surface area contributed by atoms with Gasteiger partial charge in [-0.05, 0) is 48.2 Å². The van der Waals surface area contributed by atoms with E-state index in [0.29, 0.717) is 11.4 Å². The van der Waals surface area contributed by atoms with Gasteiger partial charge < -0.3 is 15.4 Å².